The third-order valence-corrected chi connectivity index (χ3v) is 4.11. The number of carboxylic acids is 1. The second-order valence-corrected chi connectivity index (χ2v) is 9.65. The number of carboxylic acid groups (broad SMARTS) is 1. The van der Waals surface area contributed by atoms with Gasteiger partial charge in [0, 0.05) is 0 Å². The molecule has 2 rings (SSSR count). The molecule has 0 spiro atoms. The van der Waals surface area contributed by atoms with Gasteiger partial charge in [-0.25, -0.2) is 9.59 Å². The number of hydrogen-bond acceptors (Lipinski definition) is 7. The van der Waals surface area contributed by atoms with Crippen molar-refractivity contribution in [1.29, 1.82) is 0 Å². The second kappa shape index (κ2) is 10.9. The van der Waals surface area contributed by atoms with Gasteiger partial charge in [-0.2, -0.15) is 0 Å². The summed E-state index contributed by atoms with van der Waals surface area (Å²) in [7, 11) is 1.21. The molecule has 0 aliphatic rings. The third-order valence-electron chi connectivity index (χ3n) is 3.55. The molecule has 0 bridgehead atoms. The first-order chi connectivity index (χ1) is 14.9. The van der Waals surface area contributed by atoms with Gasteiger partial charge in [-0.15, -0.1) is 0 Å². The number of halogens is 2. The minimum Gasteiger partial charge on any atom is -0.504 e. The van der Waals surface area contributed by atoms with Crippen molar-refractivity contribution in [3.05, 3.63) is 45.4 Å². The maximum Gasteiger partial charge on any atom is 0.338 e. The fraction of sp³-hybridized carbons (Fsp3) is 0.391. The minimum absolute atomic E-state index is 0.0653. The smallest absolute Gasteiger partial charge is 0.338 e. The van der Waals surface area contributed by atoms with Crippen LogP contribution in [0.4, 0.5) is 0 Å². The molecular formula is C23H28Cl2O8. The molecule has 0 aromatic heterocycles. The Balaban J connectivity index is 0.000000361. The van der Waals surface area contributed by atoms with Crippen LogP contribution in [0.2, 0.25) is 10.0 Å². The molecule has 2 aromatic rings. The third kappa shape index (κ3) is 8.90. The predicted octanol–water partition coefficient (Wildman–Crippen LogP) is 5.93. The molecule has 0 saturated carbocycles. The fourth-order valence-corrected chi connectivity index (χ4v) is 2.79. The van der Waals surface area contributed by atoms with Crippen molar-refractivity contribution in [1.82, 2.24) is 0 Å². The molecule has 3 N–H and O–H groups in total. The second-order valence-electron chi connectivity index (χ2n) is 8.84. The van der Waals surface area contributed by atoms with Crippen LogP contribution in [0.3, 0.4) is 0 Å². The minimum atomic E-state index is -1.06. The molecule has 0 heterocycles. The summed E-state index contributed by atoms with van der Waals surface area (Å²) >= 11 is 11.6. The largest absolute Gasteiger partial charge is 0.504 e. The van der Waals surface area contributed by atoms with E-state index in [-0.39, 0.29) is 21.2 Å². The van der Waals surface area contributed by atoms with Gasteiger partial charge in [-0.3, -0.25) is 0 Å². The number of aromatic hydroxyl groups is 2. The number of aromatic carboxylic acids is 1. The summed E-state index contributed by atoms with van der Waals surface area (Å²) in [6.45, 7) is 11.3. The van der Waals surface area contributed by atoms with Crippen LogP contribution in [-0.4, -0.2) is 45.6 Å². The van der Waals surface area contributed by atoms with E-state index >= 15 is 0 Å². The molecule has 0 amide bonds. The Labute approximate surface area is 202 Å². The van der Waals surface area contributed by atoms with E-state index in [1.807, 2.05) is 41.5 Å². The summed E-state index contributed by atoms with van der Waals surface area (Å²) in [5.74, 6) is -1.90. The van der Waals surface area contributed by atoms with E-state index in [2.05, 4.69) is 4.74 Å². The highest BCUT2D eigenvalue weighted by atomic mass is 35.5. The Morgan fingerprint density at radius 1 is 0.818 bits per heavy atom. The number of carbonyl (C=O) groups is 2. The standard InChI is InChI=1S/C15H21ClO4.C8H7ClO4/c1-14(2,3)19-11-8-9(13(17)18)7-10(16)12(11)20-15(4,5)6;1-13-8(12)4-2-5(9)7(11)6(10)3-4/h7-8H,1-6H3,(H,17,18);2-3,10-11H,1H3. The summed E-state index contributed by atoms with van der Waals surface area (Å²) in [4.78, 5) is 22.1. The van der Waals surface area contributed by atoms with Crippen molar-refractivity contribution in [2.45, 2.75) is 52.7 Å². The van der Waals surface area contributed by atoms with Crippen molar-refractivity contribution in [2.75, 3.05) is 7.11 Å². The molecular weight excluding hydrogens is 475 g/mol. The monoisotopic (exact) mass is 502 g/mol. The van der Waals surface area contributed by atoms with Crippen LogP contribution in [0.5, 0.6) is 23.0 Å². The van der Waals surface area contributed by atoms with Crippen molar-refractivity contribution in [3.63, 3.8) is 0 Å². The lowest BCUT2D eigenvalue weighted by atomic mass is 10.1. The van der Waals surface area contributed by atoms with E-state index in [9.17, 15) is 9.59 Å². The highest BCUT2D eigenvalue weighted by Crippen LogP contribution is 2.40. The van der Waals surface area contributed by atoms with Gasteiger partial charge < -0.3 is 29.5 Å². The molecule has 0 fully saturated rings. The lowest BCUT2D eigenvalue weighted by Gasteiger charge is -2.28. The Kier molecular flexibility index (Phi) is 9.27. The SMILES string of the molecule is CC(C)(C)Oc1cc(C(=O)O)cc(Cl)c1OC(C)(C)C.COC(=O)c1cc(O)c(O)c(Cl)c1. The zero-order chi connectivity index (χ0) is 25.7. The Morgan fingerprint density at radius 3 is 1.76 bits per heavy atom. The molecule has 0 radical (unpaired) electrons. The molecule has 33 heavy (non-hydrogen) atoms. The number of esters is 1. The maximum atomic E-state index is 11.1. The quantitative estimate of drug-likeness (QED) is 0.347. The number of benzene rings is 2. The topological polar surface area (TPSA) is 123 Å². The number of methoxy groups -OCH3 is 1. The Bertz CT molecular complexity index is 997. The fourth-order valence-electron chi connectivity index (χ4n) is 2.32. The highest BCUT2D eigenvalue weighted by molar-refractivity contribution is 6.33. The van der Waals surface area contributed by atoms with Crippen molar-refractivity contribution in [2.24, 2.45) is 0 Å². The summed E-state index contributed by atoms with van der Waals surface area (Å²) in [5.41, 5.74) is -0.806. The van der Waals surface area contributed by atoms with Gasteiger partial charge in [0.1, 0.15) is 11.2 Å². The first kappa shape index (κ1) is 28.2. The average molecular weight is 503 g/mol. The molecule has 10 heteroatoms. The van der Waals surface area contributed by atoms with Crippen LogP contribution in [-0.2, 0) is 4.74 Å². The first-order valence-electron chi connectivity index (χ1n) is 9.70. The molecule has 0 aliphatic carbocycles. The van der Waals surface area contributed by atoms with E-state index in [1.54, 1.807) is 0 Å². The summed E-state index contributed by atoms with van der Waals surface area (Å²) in [6, 6.07) is 5.08. The predicted molar refractivity (Wildman–Crippen MR) is 125 cm³/mol. The van der Waals surface area contributed by atoms with E-state index in [4.69, 9.17) is 48.0 Å². The zero-order valence-corrected chi connectivity index (χ0v) is 21.0. The zero-order valence-electron chi connectivity index (χ0n) is 19.4. The number of phenolic OH excluding ortho intramolecular Hbond substituents is 2. The van der Waals surface area contributed by atoms with E-state index < -0.39 is 34.6 Å². The molecule has 0 atom stereocenters. The van der Waals surface area contributed by atoms with E-state index in [1.165, 1.54) is 25.3 Å². The van der Waals surface area contributed by atoms with E-state index in [0.29, 0.717) is 11.5 Å². The first-order valence-corrected chi connectivity index (χ1v) is 10.5. The molecule has 182 valence electrons. The Hall–Kier alpha value is -2.84. The van der Waals surface area contributed by atoms with Crippen molar-refractivity contribution in [3.8, 4) is 23.0 Å². The summed E-state index contributed by atoms with van der Waals surface area (Å²) in [6.07, 6.45) is 0. The van der Waals surface area contributed by atoms with Crippen LogP contribution in [0.25, 0.3) is 0 Å². The number of ether oxygens (including phenoxy) is 3. The normalized spacial score (nSPS) is 11.2. The van der Waals surface area contributed by atoms with Gasteiger partial charge in [0.15, 0.2) is 23.0 Å². The number of rotatable bonds is 4. The molecule has 0 aliphatic heterocycles. The number of carbonyl (C=O) groups excluding carboxylic acids is 1. The van der Waals surface area contributed by atoms with Gasteiger partial charge in [0.25, 0.3) is 0 Å². The lowest BCUT2D eigenvalue weighted by molar-refractivity contribution is 0.0599. The van der Waals surface area contributed by atoms with Crippen LogP contribution in [0.1, 0.15) is 62.3 Å². The van der Waals surface area contributed by atoms with Crippen molar-refractivity contribution < 1.29 is 39.1 Å². The maximum absolute atomic E-state index is 11.1. The molecule has 2 aromatic carbocycles. The van der Waals surface area contributed by atoms with Crippen LogP contribution in [0, 0.1) is 0 Å². The summed E-state index contributed by atoms with van der Waals surface area (Å²) in [5, 5.41) is 27.4. The van der Waals surface area contributed by atoms with Gasteiger partial charge in [0.2, 0.25) is 0 Å². The Morgan fingerprint density at radius 2 is 1.33 bits per heavy atom. The van der Waals surface area contributed by atoms with Crippen LogP contribution < -0.4 is 9.47 Å². The lowest BCUT2D eigenvalue weighted by Crippen LogP contribution is -2.27. The molecule has 0 unspecified atom stereocenters. The van der Waals surface area contributed by atoms with Crippen LogP contribution in [0.15, 0.2) is 24.3 Å². The number of phenols is 2. The average Bonchev–Trinajstić information content (AvgIpc) is 2.66. The van der Waals surface area contributed by atoms with Gasteiger partial charge in [-0.1, -0.05) is 23.2 Å². The van der Waals surface area contributed by atoms with Gasteiger partial charge in [0.05, 0.1) is 28.3 Å². The molecule has 8 nitrogen and oxygen atoms in total. The molecule has 0 saturated heterocycles. The summed E-state index contributed by atoms with van der Waals surface area (Å²) < 4.78 is 16.0. The number of hydrogen-bond donors (Lipinski definition) is 3. The van der Waals surface area contributed by atoms with E-state index in [0.717, 1.165) is 6.07 Å². The van der Waals surface area contributed by atoms with Gasteiger partial charge in [-0.05, 0) is 65.8 Å². The highest BCUT2D eigenvalue weighted by Gasteiger charge is 2.24. The van der Waals surface area contributed by atoms with Crippen LogP contribution >= 0.6 is 23.2 Å². The van der Waals surface area contributed by atoms with Gasteiger partial charge >= 0.3 is 11.9 Å². The van der Waals surface area contributed by atoms with Crippen molar-refractivity contribution >= 4 is 35.1 Å².